The molecule has 0 aliphatic heterocycles. The van der Waals surface area contributed by atoms with Gasteiger partial charge in [-0.15, -0.1) is 11.3 Å². The van der Waals surface area contributed by atoms with E-state index < -0.39 is 6.03 Å². The first-order chi connectivity index (χ1) is 11.1. The van der Waals surface area contributed by atoms with Gasteiger partial charge < -0.3 is 5.73 Å². The van der Waals surface area contributed by atoms with Crippen molar-refractivity contribution in [2.45, 2.75) is 45.1 Å². The van der Waals surface area contributed by atoms with Crippen molar-refractivity contribution in [1.82, 2.24) is 9.99 Å². The van der Waals surface area contributed by atoms with E-state index in [-0.39, 0.29) is 6.04 Å². The highest BCUT2D eigenvalue weighted by atomic mass is 32.1. The summed E-state index contributed by atoms with van der Waals surface area (Å²) in [6.45, 7) is 2.06. The number of rotatable bonds is 4. The van der Waals surface area contributed by atoms with Gasteiger partial charge in [0, 0.05) is 10.9 Å². The second-order valence-electron chi connectivity index (χ2n) is 6.02. The Morgan fingerprint density at radius 2 is 1.96 bits per heavy atom. The highest BCUT2D eigenvalue weighted by Crippen LogP contribution is 2.27. The zero-order valence-corrected chi connectivity index (χ0v) is 14.1. The number of carbonyl (C=O) groups excluding carboxylic acids is 1. The maximum atomic E-state index is 11.8. The Labute approximate surface area is 140 Å². The third kappa shape index (κ3) is 3.82. The number of hydrogen-bond acceptors (Lipinski definition) is 4. The maximum Gasteiger partial charge on any atom is 0.333 e. The van der Waals surface area contributed by atoms with E-state index in [1.165, 1.54) is 23.3 Å². The predicted octanol–water partition coefficient (Wildman–Crippen LogP) is 4.16. The number of benzene rings is 1. The van der Waals surface area contributed by atoms with Crippen molar-refractivity contribution in [2.24, 2.45) is 5.73 Å². The summed E-state index contributed by atoms with van der Waals surface area (Å²) >= 11 is 1.49. The largest absolute Gasteiger partial charge is 0.350 e. The van der Waals surface area contributed by atoms with Crippen LogP contribution in [0.5, 0.6) is 0 Å². The number of hydrogen-bond donors (Lipinski definition) is 2. The fourth-order valence-corrected chi connectivity index (χ4v) is 3.66. The molecular weight excluding hydrogens is 308 g/mol. The number of aryl methyl sites for hydroxylation is 1. The molecule has 0 atom stereocenters. The Balaban J connectivity index is 1.73. The molecule has 6 heteroatoms. The van der Waals surface area contributed by atoms with Crippen LogP contribution in [0, 0.1) is 6.92 Å². The summed E-state index contributed by atoms with van der Waals surface area (Å²) in [6, 6.07) is 7.97. The standard InChI is InChI=1S/C17H22N4OS/c1-12-7-9-13(10-8-12)15-11-23-17(19-15)20-21(16(18)22)14-5-3-2-4-6-14/h7-11,14H,2-6H2,1H3,(H2,18,22)(H,19,20). The molecule has 1 aromatic heterocycles. The van der Waals surface area contributed by atoms with E-state index in [1.54, 1.807) is 5.01 Å². The molecule has 0 unspecified atom stereocenters. The Kier molecular flexibility index (Phi) is 4.81. The van der Waals surface area contributed by atoms with Crippen LogP contribution in [0.2, 0.25) is 0 Å². The first-order valence-electron chi connectivity index (χ1n) is 8.01. The second kappa shape index (κ2) is 7.00. The first-order valence-corrected chi connectivity index (χ1v) is 8.89. The molecule has 0 saturated heterocycles. The molecule has 1 saturated carbocycles. The minimum atomic E-state index is -0.441. The van der Waals surface area contributed by atoms with Gasteiger partial charge in [-0.2, -0.15) is 0 Å². The van der Waals surface area contributed by atoms with Crippen LogP contribution in [0.15, 0.2) is 29.6 Å². The van der Waals surface area contributed by atoms with Crippen LogP contribution in [0.4, 0.5) is 9.93 Å². The minimum Gasteiger partial charge on any atom is -0.350 e. The Morgan fingerprint density at radius 3 is 2.61 bits per heavy atom. The summed E-state index contributed by atoms with van der Waals surface area (Å²) in [4.78, 5) is 16.4. The van der Waals surface area contributed by atoms with Crippen LogP contribution in [0.3, 0.4) is 0 Å². The quantitative estimate of drug-likeness (QED) is 0.827. The summed E-state index contributed by atoms with van der Waals surface area (Å²) in [5.74, 6) is 0. The van der Waals surface area contributed by atoms with E-state index in [2.05, 4.69) is 41.6 Å². The number of thiazole rings is 1. The average molecular weight is 330 g/mol. The maximum absolute atomic E-state index is 11.8. The third-order valence-electron chi connectivity index (χ3n) is 4.24. The van der Waals surface area contributed by atoms with Crippen LogP contribution in [0.25, 0.3) is 11.3 Å². The molecule has 3 rings (SSSR count). The number of nitrogens with one attached hydrogen (secondary N) is 1. The molecule has 122 valence electrons. The molecule has 0 radical (unpaired) electrons. The average Bonchev–Trinajstić information content (AvgIpc) is 3.02. The summed E-state index contributed by atoms with van der Waals surface area (Å²) in [6.07, 6.45) is 5.50. The number of nitrogens with zero attached hydrogens (tertiary/aromatic N) is 2. The Morgan fingerprint density at radius 1 is 1.26 bits per heavy atom. The van der Waals surface area contributed by atoms with Gasteiger partial charge >= 0.3 is 6.03 Å². The van der Waals surface area contributed by atoms with Gasteiger partial charge in [0.1, 0.15) is 0 Å². The molecule has 1 fully saturated rings. The van der Waals surface area contributed by atoms with Gasteiger partial charge in [-0.05, 0) is 19.8 Å². The van der Waals surface area contributed by atoms with Gasteiger partial charge in [0.15, 0.2) is 0 Å². The van der Waals surface area contributed by atoms with Crippen molar-refractivity contribution >= 4 is 22.5 Å². The van der Waals surface area contributed by atoms with E-state index in [0.717, 1.165) is 36.9 Å². The first kappa shape index (κ1) is 15.8. The number of urea groups is 1. The van der Waals surface area contributed by atoms with E-state index in [1.807, 2.05) is 5.38 Å². The van der Waals surface area contributed by atoms with Crippen molar-refractivity contribution in [1.29, 1.82) is 0 Å². The van der Waals surface area contributed by atoms with Gasteiger partial charge in [0.2, 0.25) is 5.13 Å². The molecular formula is C17H22N4OS. The number of nitrogens with two attached hydrogens (primary N) is 1. The van der Waals surface area contributed by atoms with Crippen LogP contribution in [-0.2, 0) is 0 Å². The minimum absolute atomic E-state index is 0.160. The van der Waals surface area contributed by atoms with Crippen LogP contribution in [0.1, 0.15) is 37.7 Å². The topological polar surface area (TPSA) is 71.2 Å². The smallest absolute Gasteiger partial charge is 0.333 e. The molecule has 1 aliphatic carbocycles. The molecule has 5 nitrogen and oxygen atoms in total. The van der Waals surface area contributed by atoms with Gasteiger partial charge in [0.05, 0.1) is 11.7 Å². The van der Waals surface area contributed by atoms with Gasteiger partial charge in [-0.1, -0.05) is 49.1 Å². The van der Waals surface area contributed by atoms with Crippen LogP contribution < -0.4 is 11.2 Å². The van der Waals surface area contributed by atoms with Crippen LogP contribution >= 0.6 is 11.3 Å². The lowest BCUT2D eigenvalue weighted by Crippen LogP contribution is -2.48. The highest BCUT2D eigenvalue weighted by Gasteiger charge is 2.24. The number of hydrazine groups is 1. The summed E-state index contributed by atoms with van der Waals surface area (Å²) in [5.41, 5.74) is 11.9. The fraction of sp³-hybridized carbons (Fsp3) is 0.412. The number of amides is 2. The number of anilines is 1. The zero-order chi connectivity index (χ0) is 16.2. The molecule has 2 aromatic rings. The normalized spacial score (nSPS) is 15.3. The zero-order valence-electron chi connectivity index (χ0n) is 13.3. The SMILES string of the molecule is Cc1ccc(-c2csc(NN(C(N)=O)C3CCCCC3)n2)cc1. The Hall–Kier alpha value is -2.08. The molecule has 3 N–H and O–H groups in total. The van der Waals surface area contributed by atoms with Crippen molar-refractivity contribution in [3.05, 3.63) is 35.2 Å². The lowest BCUT2D eigenvalue weighted by molar-refractivity contribution is 0.181. The fourth-order valence-electron chi connectivity index (χ4n) is 2.95. The summed E-state index contributed by atoms with van der Waals surface area (Å²) in [7, 11) is 0. The van der Waals surface area contributed by atoms with E-state index in [9.17, 15) is 4.79 Å². The molecule has 1 aromatic carbocycles. The molecule has 0 bridgehead atoms. The molecule has 2 amide bonds. The van der Waals surface area contributed by atoms with Crippen molar-refractivity contribution in [3.8, 4) is 11.3 Å². The monoisotopic (exact) mass is 330 g/mol. The second-order valence-corrected chi connectivity index (χ2v) is 6.87. The molecule has 23 heavy (non-hydrogen) atoms. The molecule has 1 heterocycles. The highest BCUT2D eigenvalue weighted by molar-refractivity contribution is 7.14. The molecule has 0 spiro atoms. The van der Waals surface area contributed by atoms with E-state index >= 15 is 0 Å². The third-order valence-corrected chi connectivity index (χ3v) is 4.99. The van der Waals surface area contributed by atoms with Crippen molar-refractivity contribution in [2.75, 3.05) is 5.43 Å². The van der Waals surface area contributed by atoms with Crippen LogP contribution in [-0.4, -0.2) is 22.1 Å². The van der Waals surface area contributed by atoms with Crippen molar-refractivity contribution < 1.29 is 4.79 Å². The Bertz CT molecular complexity index is 661. The summed E-state index contributed by atoms with van der Waals surface area (Å²) < 4.78 is 0. The number of primary amides is 1. The van der Waals surface area contributed by atoms with Gasteiger partial charge in [-0.3, -0.25) is 5.43 Å². The molecule has 1 aliphatic rings. The summed E-state index contributed by atoms with van der Waals surface area (Å²) in [5, 5.41) is 4.24. The van der Waals surface area contributed by atoms with E-state index in [4.69, 9.17) is 5.73 Å². The lowest BCUT2D eigenvalue weighted by Gasteiger charge is -2.32. The van der Waals surface area contributed by atoms with Gasteiger partial charge in [0.25, 0.3) is 0 Å². The number of aromatic nitrogens is 1. The number of carbonyl (C=O) groups is 1. The van der Waals surface area contributed by atoms with E-state index in [0.29, 0.717) is 5.13 Å². The van der Waals surface area contributed by atoms with Gasteiger partial charge in [-0.25, -0.2) is 14.8 Å². The lowest BCUT2D eigenvalue weighted by atomic mass is 9.95. The van der Waals surface area contributed by atoms with Crippen molar-refractivity contribution in [3.63, 3.8) is 0 Å². The predicted molar refractivity (Wildman–Crippen MR) is 94.2 cm³/mol.